The highest BCUT2D eigenvalue weighted by atomic mass is 32.2. The Labute approximate surface area is 170 Å². The first-order chi connectivity index (χ1) is 13.8. The van der Waals surface area contributed by atoms with E-state index >= 15 is 0 Å². The molecule has 0 saturated heterocycles. The van der Waals surface area contributed by atoms with E-state index in [1.54, 1.807) is 11.8 Å². The minimum Gasteiger partial charge on any atom is -0.492 e. The molecule has 0 bridgehead atoms. The van der Waals surface area contributed by atoms with Crippen LogP contribution in [-0.4, -0.2) is 40.1 Å². The van der Waals surface area contributed by atoms with Crippen molar-refractivity contribution in [3.63, 3.8) is 0 Å². The fourth-order valence-corrected chi connectivity index (χ4v) is 4.82. The second kappa shape index (κ2) is 8.99. The van der Waals surface area contributed by atoms with Crippen LogP contribution in [0.25, 0.3) is 0 Å². The third kappa shape index (κ3) is 4.19. The van der Waals surface area contributed by atoms with Crippen molar-refractivity contribution in [2.45, 2.75) is 56.1 Å². The second-order valence-electron chi connectivity index (χ2n) is 7.63. The van der Waals surface area contributed by atoms with Gasteiger partial charge in [0.2, 0.25) is 5.91 Å². The van der Waals surface area contributed by atoms with E-state index in [0.717, 1.165) is 41.6 Å². The summed E-state index contributed by atoms with van der Waals surface area (Å²) in [7, 11) is 0. The van der Waals surface area contributed by atoms with Crippen molar-refractivity contribution in [1.82, 2.24) is 20.1 Å². The fraction of sp³-hybridized carbons (Fsp3) is 0.571. The summed E-state index contributed by atoms with van der Waals surface area (Å²) in [4.78, 5) is 12.5. The van der Waals surface area contributed by atoms with Gasteiger partial charge in [0, 0.05) is 19.0 Å². The molecule has 2 heterocycles. The molecule has 0 spiro atoms. The average Bonchev–Trinajstić information content (AvgIpc) is 3.39. The van der Waals surface area contributed by atoms with Crippen molar-refractivity contribution in [1.29, 1.82) is 0 Å². The molecular weight excluding hydrogens is 372 g/mol. The molecular formula is C21H28N4O2S. The van der Waals surface area contributed by atoms with E-state index in [0.29, 0.717) is 19.2 Å². The Kier molecular flexibility index (Phi) is 6.20. The van der Waals surface area contributed by atoms with Crippen molar-refractivity contribution in [2.75, 3.05) is 19.4 Å². The molecule has 1 unspecified atom stereocenters. The van der Waals surface area contributed by atoms with Crippen molar-refractivity contribution >= 4 is 17.7 Å². The molecule has 6 nitrogen and oxygen atoms in total. The number of nitrogens with zero attached hydrogens (tertiary/aromatic N) is 3. The highest BCUT2D eigenvalue weighted by molar-refractivity contribution is 7.98. The highest BCUT2D eigenvalue weighted by Crippen LogP contribution is 2.33. The zero-order chi connectivity index (χ0) is 19.3. The number of hydrogen-bond acceptors (Lipinski definition) is 5. The van der Waals surface area contributed by atoms with Gasteiger partial charge in [-0.3, -0.25) is 4.79 Å². The topological polar surface area (TPSA) is 69.0 Å². The molecule has 4 rings (SSSR count). The minimum absolute atomic E-state index is 0.0802. The number of ether oxygens (including phenoxy) is 1. The maximum Gasteiger partial charge on any atom is 0.226 e. The molecule has 1 N–H and O–H groups in total. The molecule has 1 aromatic carbocycles. The Hall–Kier alpha value is -2.02. The number of thioether (sulfide) groups is 1. The summed E-state index contributed by atoms with van der Waals surface area (Å²) >= 11 is 1.67. The smallest absolute Gasteiger partial charge is 0.226 e. The molecule has 1 aliphatic carbocycles. The molecule has 0 radical (unpaired) electrons. The lowest BCUT2D eigenvalue weighted by molar-refractivity contribution is -0.126. The summed E-state index contributed by atoms with van der Waals surface area (Å²) in [5.74, 6) is 1.93. The highest BCUT2D eigenvalue weighted by Gasteiger charge is 2.26. The minimum atomic E-state index is -0.111. The fourth-order valence-electron chi connectivity index (χ4n) is 4.25. The van der Waals surface area contributed by atoms with E-state index < -0.39 is 0 Å². The number of benzene rings is 1. The maximum atomic E-state index is 12.5. The number of fused-ring (bicyclic) bond motifs is 1. The Morgan fingerprint density at radius 2 is 2.11 bits per heavy atom. The number of amides is 1. The predicted molar refractivity (Wildman–Crippen MR) is 110 cm³/mol. The van der Waals surface area contributed by atoms with Gasteiger partial charge in [0.25, 0.3) is 0 Å². The standard InChI is InChI=1S/C21H28N4O2S/c1-28-21-24-23-19(25(21)17-8-3-4-9-17)11-6-12-22-20(26)16-13-15-7-2-5-10-18(15)27-14-16/h2,5,7,10,16-17H,3-4,6,8-9,11-14H2,1H3,(H,22,26). The Morgan fingerprint density at radius 3 is 2.93 bits per heavy atom. The number of rotatable bonds is 7. The first kappa shape index (κ1) is 19.3. The Bertz CT molecular complexity index is 816. The van der Waals surface area contributed by atoms with Crippen molar-refractivity contribution < 1.29 is 9.53 Å². The molecule has 1 atom stereocenters. The van der Waals surface area contributed by atoms with Crippen molar-refractivity contribution in [3.05, 3.63) is 35.7 Å². The first-order valence-corrected chi connectivity index (χ1v) is 11.4. The van der Waals surface area contributed by atoms with Crippen LogP contribution in [0.4, 0.5) is 0 Å². The number of nitrogens with one attached hydrogen (secondary N) is 1. The summed E-state index contributed by atoms with van der Waals surface area (Å²) in [6.45, 7) is 1.11. The summed E-state index contributed by atoms with van der Waals surface area (Å²) in [6.07, 6.45) is 9.54. The van der Waals surface area contributed by atoms with E-state index in [9.17, 15) is 4.79 Å². The lowest BCUT2D eigenvalue weighted by atomic mass is 9.96. The predicted octanol–water partition coefficient (Wildman–Crippen LogP) is 3.42. The van der Waals surface area contributed by atoms with E-state index in [1.807, 2.05) is 24.3 Å². The van der Waals surface area contributed by atoms with E-state index in [2.05, 4.69) is 26.3 Å². The van der Waals surface area contributed by atoms with Gasteiger partial charge in [-0.25, -0.2) is 0 Å². The SMILES string of the molecule is CSc1nnc(CCCNC(=O)C2COc3ccccc3C2)n1C1CCCC1. The van der Waals surface area contributed by atoms with Crippen LogP contribution in [0.2, 0.25) is 0 Å². The van der Waals surface area contributed by atoms with Gasteiger partial charge < -0.3 is 14.6 Å². The number of hydrogen-bond donors (Lipinski definition) is 1. The lowest BCUT2D eigenvalue weighted by Crippen LogP contribution is -2.37. The molecule has 2 aromatic rings. The van der Waals surface area contributed by atoms with Gasteiger partial charge in [-0.2, -0.15) is 0 Å². The van der Waals surface area contributed by atoms with Crippen LogP contribution in [0.3, 0.4) is 0 Å². The third-order valence-corrected chi connectivity index (χ3v) is 6.38. The van der Waals surface area contributed by atoms with Gasteiger partial charge in [-0.1, -0.05) is 42.8 Å². The Balaban J connectivity index is 1.27. The average molecular weight is 401 g/mol. The van der Waals surface area contributed by atoms with Crippen molar-refractivity contribution in [3.8, 4) is 5.75 Å². The number of carbonyl (C=O) groups excluding carboxylic acids is 1. The largest absolute Gasteiger partial charge is 0.492 e. The van der Waals surface area contributed by atoms with Gasteiger partial charge >= 0.3 is 0 Å². The van der Waals surface area contributed by atoms with Crippen LogP contribution >= 0.6 is 11.8 Å². The number of aromatic nitrogens is 3. The van der Waals surface area contributed by atoms with Crippen LogP contribution in [0.5, 0.6) is 5.75 Å². The van der Waals surface area contributed by atoms with E-state index in [-0.39, 0.29) is 11.8 Å². The Morgan fingerprint density at radius 1 is 1.29 bits per heavy atom. The summed E-state index contributed by atoms with van der Waals surface area (Å²) in [6, 6.07) is 8.50. The van der Waals surface area contributed by atoms with Gasteiger partial charge in [0.1, 0.15) is 18.2 Å². The molecule has 28 heavy (non-hydrogen) atoms. The van der Waals surface area contributed by atoms with E-state index in [4.69, 9.17) is 4.74 Å². The molecule has 7 heteroatoms. The molecule has 2 aliphatic rings. The number of carbonyl (C=O) groups is 1. The van der Waals surface area contributed by atoms with Gasteiger partial charge in [0.05, 0.1) is 5.92 Å². The quantitative estimate of drug-likeness (QED) is 0.570. The van der Waals surface area contributed by atoms with Crippen LogP contribution < -0.4 is 10.1 Å². The van der Waals surface area contributed by atoms with Crippen LogP contribution in [0.1, 0.15) is 49.5 Å². The molecule has 150 valence electrons. The molecule has 1 aromatic heterocycles. The third-order valence-electron chi connectivity index (χ3n) is 5.73. The molecule has 1 amide bonds. The summed E-state index contributed by atoms with van der Waals surface area (Å²) in [5, 5.41) is 12.9. The van der Waals surface area contributed by atoms with Gasteiger partial charge in [0.15, 0.2) is 5.16 Å². The lowest BCUT2D eigenvalue weighted by Gasteiger charge is -2.24. The number of aryl methyl sites for hydroxylation is 1. The van der Waals surface area contributed by atoms with Crippen LogP contribution in [0.15, 0.2) is 29.4 Å². The summed E-state index contributed by atoms with van der Waals surface area (Å²) in [5.41, 5.74) is 1.11. The molecule has 1 aliphatic heterocycles. The van der Waals surface area contributed by atoms with Crippen molar-refractivity contribution in [2.24, 2.45) is 5.92 Å². The molecule has 1 saturated carbocycles. The molecule has 1 fully saturated rings. The van der Waals surface area contributed by atoms with Gasteiger partial charge in [-0.15, -0.1) is 10.2 Å². The zero-order valence-electron chi connectivity index (χ0n) is 16.4. The number of para-hydroxylation sites is 1. The zero-order valence-corrected chi connectivity index (χ0v) is 17.2. The van der Waals surface area contributed by atoms with E-state index in [1.165, 1.54) is 25.7 Å². The maximum absolute atomic E-state index is 12.5. The first-order valence-electron chi connectivity index (χ1n) is 10.2. The normalized spacial score (nSPS) is 19.2. The second-order valence-corrected chi connectivity index (χ2v) is 8.40. The van der Waals surface area contributed by atoms with Crippen LogP contribution in [0, 0.1) is 5.92 Å². The summed E-state index contributed by atoms with van der Waals surface area (Å²) < 4.78 is 8.07. The monoisotopic (exact) mass is 400 g/mol. The van der Waals surface area contributed by atoms with Gasteiger partial charge in [-0.05, 0) is 43.6 Å². The van der Waals surface area contributed by atoms with Crippen LogP contribution in [-0.2, 0) is 17.6 Å².